The number of hydrogen-bond acceptors (Lipinski definition) is 2. The van der Waals surface area contributed by atoms with Gasteiger partial charge in [0.15, 0.2) is 0 Å². The molecule has 0 N–H and O–H groups in total. The first-order chi connectivity index (χ1) is 31.3. The molecule has 0 spiro atoms. The molecule has 0 fully saturated rings. The molecule has 0 amide bonds. The highest BCUT2D eigenvalue weighted by Crippen LogP contribution is 2.58. The highest BCUT2D eigenvalue weighted by atomic mass is 16.3. The SMILES string of the molecule is C1=CC2=C(CC1)c1ccc(N(c3ccc(-c4ccccc4)cc3)c3ccc(-c4ccc5c(oc6ccccc65)c4-c4ccccc4)cc3)cc1C2(c1ccccc1)c1ccccc1. The first-order valence-electron chi connectivity index (χ1n) is 22.0. The van der Waals surface area contributed by atoms with Crippen LogP contribution in [0.2, 0.25) is 0 Å². The molecular formula is C61H43NO. The van der Waals surface area contributed by atoms with E-state index in [1.807, 2.05) is 6.07 Å². The summed E-state index contributed by atoms with van der Waals surface area (Å²) in [5, 5.41) is 2.26. The Morgan fingerprint density at radius 3 is 1.63 bits per heavy atom. The van der Waals surface area contributed by atoms with Gasteiger partial charge in [-0.05, 0) is 123 Å². The molecule has 298 valence electrons. The van der Waals surface area contributed by atoms with Crippen molar-refractivity contribution in [3.05, 3.63) is 264 Å². The lowest BCUT2D eigenvalue weighted by molar-refractivity contribution is 0.670. The van der Waals surface area contributed by atoms with Crippen molar-refractivity contribution >= 4 is 44.6 Å². The van der Waals surface area contributed by atoms with Gasteiger partial charge in [0.1, 0.15) is 11.2 Å². The van der Waals surface area contributed by atoms with Crippen LogP contribution >= 0.6 is 0 Å². The van der Waals surface area contributed by atoms with E-state index in [1.165, 1.54) is 44.5 Å². The minimum absolute atomic E-state index is 0.462. The van der Waals surface area contributed by atoms with E-state index in [2.05, 4.69) is 235 Å². The number of benzene rings is 9. The third kappa shape index (κ3) is 6.02. The summed E-state index contributed by atoms with van der Waals surface area (Å²) >= 11 is 0. The second-order valence-corrected chi connectivity index (χ2v) is 16.7. The molecule has 0 bridgehead atoms. The molecule has 2 nitrogen and oxygen atoms in total. The van der Waals surface area contributed by atoms with Gasteiger partial charge in [0, 0.05) is 33.4 Å². The number of fused-ring (bicyclic) bond motifs is 5. The lowest BCUT2D eigenvalue weighted by atomic mass is 9.66. The molecule has 2 aliphatic carbocycles. The monoisotopic (exact) mass is 805 g/mol. The Labute approximate surface area is 368 Å². The van der Waals surface area contributed by atoms with Crippen LogP contribution in [0.1, 0.15) is 35.1 Å². The van der Waals surface area contributed by atoms with Crippen molar-refractivity contribution < 1.29 is 4.42 Å². The van der Waals surface area contributed by atoms with Crippen LogP contribution in [0.25, 0.3) is 60.9 Å². The second-order valence-electron chi connectivity index (χ2n) is 16.7. The molecule has 0 atom stereocenters. The number of rotatable bonds is 8. The Kier molecular flexibility index (Phi) is 8.90. The second kappa shape index (κ2) is 15.2. The van der Waals surface area contributed by atoms with Gasteiger partial charge in [-0.3, -0.25) is 0 Å². The lowest BCUT2D eigenvalue weighted by Gasteiger charge is -2.36. The summed E-state index contributed by atoms with van der Waals surface area (Å²) in [7, 11) is 0. The molecule has 1 aromatic heterocycles. The topological polar surface area (TPSA) is 16.4 Å². The summed E-state index contributed by atoms with van der Waals surface area (Å²) in [6.45, 7) is 0. The van der Waals surface area contributed by atoms with Crippen molar-refractivity contribution in [2.45, 2.75) is 18.3 Å². The predicted octanol–water partition coefficient (Wildman–Crippen LogP) is 16.5. The number of furan rings is 1. The quantitative estimate of drug-likeness (QED) is 0.152. The van der Waals surface area contributed by atoms with Gasteiger partial charge in [0.25, 0.3) is 0 Å². The Bertz CT molecular complexity index is 3300. The van der Waals surface area contributed by atoms with Gasteiger partial charge in [-0.2, -0.15) is 0 Å². The molecule has 1 heterocycles. The zero-order valence-corrected chi connectivity index (χ0v) is 34.8. The summed E-state index contributed by atoms with van der Waals surface area (Å²) in [6.07, 6.45) is 6.84. The fourth-order valence-electron chi connectivity index (χ4n) is 10.4. The predicted molar refractivity (Wildman–Crippen MR) is 263 cm³/mol. The molecule has 0 aliphatic heterocycles. The van der Waals surface area contributed by atoms with E-state index >= 15 is 0 Å². The average Bonchev–Trinajstić information content (AvgIpc) is 3.89. The van der Waals surface area contributed by atoms with E-state index in [1.54, 1.807) is 0 Å². The fourth-order valence-corrected chi connectivity index (χ4v) is 10.4. The number of para-hydroxylation sites is 1. The summed E-state index contributed by atoms with van der Waals surface area (Å²) in [6, 6.07) is 81.7. The zero-order chi connectivity index (χ0) is 41.7. The van der Waals surface area contributed by atoms with Crippen LogP contribution in [-0.4, -0.2) is 0 Å². The lowest BCUT2D eigenvalue weighted by Crippen LogP contribution is -2.29. The maximum Gasteiger partial charge on any atom is 0.143 e. The minimum Gasteiger partial charge on any atom is -0.455 e. The molecule has 9 aromatic carbocycles. The van der Waals surface area contributed by atoms with Gasteiger partial charge in [-0.25, -0.2) is 0 Å². The van der Waals surface area contributed by atoms with Crippen LogP contribution < -0.4 is 4.90 Å². The number of nitrogens with zero attached hydrogens (tertiary/aromatic N) is 1. The Morgan fingerprint density at radius 1 is 0.429 bits per heavy atom. The van der Waals surface area contributed by atoms with Crippen LogP contribution in [-0.2, 0) is 5.41 Å². The Morgan fingerprint density at radius 2 is 0.968 bits per heavy atom. The van der Waals surface area contributed by atoms with E-state index in [4.69, 9.17) is 4.42 Å². The normalized spacial score (nSPS) is 13.9. The van der Waals surface area contributed by atoms with Crippen molar-refractivity contribution in [2.75, 3.05) is 4.90 Å². The maximum atomic E-state index is 6.66. The van der Waals surface area contributed by atoms with Gasteiger partial charge in [-0.1, -0.05) is 188 Å². The van der Waals surface area contributed by atoms with Crippen LogP contribution in [0.5, 0.6) is 0 Å². The van der Waals surface area contributed by atoms with Crippen molar-refractivity contribution in [2.24, 2.45) is 0 Å². The highest BCUT2D eigenvalue weighted by Gasteiger charge is 2.47. The molecule has 12 rings (SSSR count). The molecule has 0 unspecified atom stereocenters. The van der Waals surface area contributed by atoms with Crippen LogP contribution in [0, 0.1) is 0 Å². The molecule has 63 heavy (non-hydrogen) atoms. The van der Waals surface area contributed by atoms with Crippen LogP contribution in [0.4, 0.5) is 17.1 Å². The van der Waals surface area contributed by atoms with Gasteiger partial charge < -0.3 is 9.32 Å². The third-order valence-corrected chi connectivity index (χ3v) is 13.3. The first kappa shape index (κ1) is 36.9. The molecule has 0 saturated heterocycles. The largest absolute Gasteiger partial charge is 0.455 e. The van der Waals surface area contributed by atoms with Crippen molar-refractivity contribution in [1.82, 2.24) is 0 Å². The van der Waals surface area contributed by atoms with Crippen molar-refractivity contribution in [3.63, 3.8) is 0 Å². The average molecular weight is 806 g/mol. The molecule has 2 aliphatic rings. The van der Waals surface area contributed by atoms with Crippen molar-refractivity contribution in [3.8, 4) is 33.4 Å². The summed E-state index contributed by atoms with van der Waals surface area (Å²) in [4.78, 5) is 2.42. The Balaban J connectivity index is 1.04. The van der Waals surface area contributed by atoms with E-state index in [0.29, 0.717) is 0 Å². The van der Waals surface area contributed by atoms with E-state index in [-0.39, 0.29) is 0 Å². The molecule has 0 saturated carbocycles. The van der Waals surface area contributed by atoms with Crippen LogP contribution in [0.3, 0.4) is 0 Å². The summed E-state index contributed by atoms with van der Waals surface area (Å²) < 4.78 is 6.66. The standard InChI is InChI=1S/C61H43NO/c1-5-17-42(18-6-1)43-29-33-48(34-30-43)62(49-35-31-44(32-36-49)51-39-40-55-54-26-14-16-28-58(54)63-60(55)59(51)45-19-7-2-8-20-45)50-37-38-53-52-25-13-15-27-56(52)61(57(53)41-50,46-21-9-3-10-22-46)47-23-11-4-12-24-47/h1-12,14-24,26-41H,13,25H2. The number of allylic oxidation sites excluding steroid dienone is 4. The van der Waals surface area contributed by atoms with Gasteiger partial charge in [0.2, 0.25) is 0 Å². The fraction of sp³-hybridized carbons (Fsp3) is 0.0492. The van der Waals surface area contributed by atoms with Crippen LogP contribution in [0.15, 0.2) is 247 Å². The highest BCUT2D eigenvalue weighted by molar-refractivity contribution is 6.12. The van der Waals surface area contributed by atoms with E-state index in [9.17, 15) is 0 Å². The van der Waals surface area contributed by atoms with Crippen molar-refractivity contribution in [1.29, 1.82) is 0 Å². The molecular weight excluding hydrogens is 763 g/mol. The minimum atomic E-state index is -0.462. The Hall–Kier alpha value is -7.94. The summed E-state index contributed by atoms with van der Waals surface area (Å²) in [5.41, 5.74) is 19.6. The smallest absolute Gasteiger partial charge is 0.143 e. The van der Waals surface area contributed by atoms with Gasteiger partial charge in [0.05, 0.1) is 5.41 Å². The van der Waals surface area contributed by atoms with Gasteiger partial charge >= 0.3 is 0 Å². The summed E-state index contributed by atoms with van der Waals surface area (Å²) in [5.74, 6) is 0. The molecule has 2 heteroatoms. The number of hydrogen-bond donors (Lipinski definition) is 0. The van der Waals surface area contributed by atoms with E-state index < -0.39 is 5.41 Å². The van der Waals surface area contributed by atoms with E-state index in [0.717, 1.165) is 74.1 Å². The maximum absolute atomic E-state index is 6.66. The zero-order valence-electron chi connectivity index (χ0n) is 34.8. The van der Waals surface area contributed by atoms with Gasteiger partial charge in [-0.15, -0.1) is 0 Å². The third-order valence-electron chi connectivity index (χ3n) is 13.3. The molecule has 10 aromatic rings. The molecule has 0 radical (unpaired) electrons. The first-order valence-corrected chi connectivity index (χ1v) is 22.0. The number of anilines is 3.